The molecule has 15 heavy (non-hydrogen) atoms. The number of unbranched alkanes of at least 4 members (excludes halogenated alkanes) is 3. The second-order valence-electron chi connectivity index (χ2n) is 4.37. The van der Waals surface area contributed by atoms with Gasteiger partial charge in [-0.3, -0.25) is 4.79 Å². The molecule has 1 aliphatic carbocycles. The molecule has 2 atom stereocenters. The normalized spacial score (nSPS) is 25.4. The Balaban J connectivity index is 2.22. The minimum Gasteiger partial charge on any atom is -0.481 e. The molecule has 0 aromatic heterocycles. The molecule has 0 spiro atoms. The van der Waals surface area contributed by atoms with Crippen LogP contribution in [0.1, 0.15) is 45.4 Å². The summed E-state index contributed by atoms with van der Waals surface area (Å²) in [6, 6.07) is 0. The van der Waals surface area contributed by atoms with Crippen molar-refractivity contribution in [2.24, 2.45) is 11.8 Å². The van der Waals surface area contributed by atoms with E-state index in [1.165, 1.54) is 25.7 Å². The molecule has 0 amide bonds. The summed E-state index contributed by atoms with van der Waals surface area (Å²) in [6.07, 6.45) is 12.9. The van der Waals surface area contributed by atoms with Gasteiger partial charge in [0.15, 0.2) is 0 Å². The van der Waals surface area contributed by atoms with E-state index in [1.807, 2.05) is 6.08 Å². The predicted octanol–water partition coefficient (Wildman–Crippen LogP) is 3.44. The zero-order valence-electron chi connectivity index (χ0n) is 9.48. The summed E-state index contributed by atoms with van der Waals surface area (Å²) >= 11 is 0. The largest absolute Gasteiger partial charge is 0.481 e. The number of rotatable bonds is 6. The standard InChI is InChI=1S/C13H21O2/c1-2-3-4-5-7-11-8-6-9-12(10-11)13(14)15/h6,8-9,11-12H,2-5,7,10H2,1H3,(H,14,15). The van der Waals surface area contributed by atoms with Crippen molar-refractivity contribution in [1.82, 2.24) is 0 Å². The highest BCUT2D eigenvalue weighted by molar-refractivity contribution is 5.72. The summed E-state index contributed by atoms with van der Waals surface area (Å²) in [6.45, 7) is 2.20. The SMILES string of the molecule is CCCCCCC1C=C[CH]C(C(=O)O)C1. The summed E-state index contributed by atoms with van der Waals surface area (Å²) in [4.78, 5) is 10.8. The van der Waals surface area contributed by atoms with Crippen molar-refractivity contribution in [3.05, 3.63) is 18.6 Å². The van der Waals surface area contributed by atoms with Crippen LogP contribution < -0.4 is 0 Å². The van der Waals surface area contributed by atoms with Gasteiger partial charge < -0.3 is 5.11 Å². The Morgan fingerprint density at radius 2 is 2.20 bits per heavy atom. The summed E-state index contributed by atoms with van der Waals surface area (Å²) < 4.78 is 0. The van der Waals surface area contributed by atoms with E-state index in [2.05, 4.69) is 13.0 Å². The molecule has 2 heteroatoms. The minimum absolute atomic E-state index is 0.258. The lowest BCUT2D eigenvalue weighted by atomic mass is 9.84. The van der Waals surface area contributed by atoms with Crippen LogP contribution in [0, 0.1) is 18.3 Å². The van der Waals surface area contributed by atoms with E-state index in [0.717, 1.165) is 12.8 Å². The van der Waals surface area contributed by atoms with Crippen molar-refractivity contribution < 1.29 is 9.90 Å². The van der Waals surface area contributed by atoms with Crippen molar-refractivity contribution in [2.45, 2.75) is 45.4 Å². The molecule has 0 saturated carbocycles. The zero-order chi connectivity index (χ0) is 11.1. The van der Waals surface area contributed by atoms with Crippen LogP contribution in [0.25, 0.3) is 0 Å². The lowest BCUT2D eigenvalue weighted by molar-refractivity contribution is -0.141. The summed E-state index contributed by atoms with van der Waals surface area (Å²) in [5, 5.41) is 8.90. The van der Waals surface area contributed by atoms with Crippen LogP contribution in [0.4, 0.5) is 0 Å². The molecule has 1 N–H and O–H groups in total. The Kier molecular flexibility index (Phi) is 5.44. The lowest BCUT2D eigenvalue weighted by Gasteiger charge is -2.21. The van der Waals surface area contributed by atoms with Crippen LogP contribution in [-0.4, -0.2) is 11.1 Å². The number of carboxylic acid groups (broad SMARTS) is 1. The van der Waals surface area contributed by atoms with Crippen molar-refractivity contribution in [3.8, 4) is 0 Å². The molecule has 0 saturated heterocycles. The maximum Gasteiger partial charge on any atom is 0.307 e. The van der Waals surface area contributed by atoms with Gasteiger partial charge in [0.05, 0.1) is 5.92 Å². The highest BCUT2D eigenvalue weighted by atomic mass is 16.4. The smallest absolute Gasteiger partial charge is 0.307 e. The zero-order valence-corrected chi connectivity index (χ0v) is 9.48. The van der Waals surface area contributed by atoms with Crippen LogP contribution in [0.3, 0.4) is 0 Å². The van der Waals surface area contributed by atoms with E-state index in [4.69, 9.17) is 5.11 Å². The average Bonchev–Trinajstić information content (AvgIpc) is 2.25. The molecule has 85 valence electrons. The maximum atomic E-state index is 10.8. The van der Waals surface area contributed by atoms with Crippen LogP contribution in [0.2, 0.25) is 0 Å². The van der Waals surface area contributed by atoms with Gasteiger partial charge >= 0.3 is 5.97 Å². The van der Waals surface area contributed by atoms with E-state index >= 15 is 0 Å². The number of hydrogen-bond donors (Lipinski definition) is 1. The first-order chi connectivity index (χ1) is 7.24. The molecule has 2 nitrogen and oxygen atoms in total. The molecular weight excluding hydrogens is 188 g/mol. The molecule has 0 fully saturated rings. The average molecular weight is 209 g/mol. The van der Waals surface area contributed by atoms with Gasteiger partial charge in [-0.25, -0.2) is 0 Å². The molecule has 0 bridgehead atoms. The van der Waals surface area contributed by atoms with Crippen LogP contribution in [0.15, 0.2) is 12.2 Å². The fourth-order valence-corrected chi connectivity index (χ4v) is 2.07. The second kappa shape index (κ2) is 6.65. The summed E-state index contributed by atoms with van der Waals surface area (Å²) in [5.74, 6) is -0.461. The van der Waals surface area contributed by atoms with Crippen molar-refractivity contribution in [1.29, 1.82) is 0 Å². The number of hydrogen-bond acceptors (Lipinski definition) is 1. The van der Waals surface area contributed by atoms with Gasteiger partial charge in [-0.2, -0.15) is 0 Å². The van der Waals surface area contributed by atoms with Gasteiger partial charge in [-0.15, -0.1) is 0 Å². The number of aliphatic carboxylic acids is 1. The third kappa shape index (κ3) is 4.50. The van der Waals surface area contributed by atoms with E-state index in [1.54, 1.807) is 6.42 Å². The Bertz CT molecular complexity index is 221. The predicted molar refractivity (Wildman–Crippen MR) is 61.4 cm³/mol. The van der Waals surface area contributed by atoms with Crippen LogP contribution in [0.5, 0.6) is 0 Å². The molecule has 2 unspecified atom stereocenters. The van der Waals surface area contributed by atoms with Crippen molar-refractivity contribution in [2.75, 3.05) is 0 Å². The number of carbonyl (C=O) groups is 1. The molecule has 0 aromatic carbocycles. The van der Waals surface area contributed by atoms with E-state index in [0.29, 0.717) is 5.92 Å². The van der Waals surface area contributed by atoms with Crippen LogP contribution >= 0.6 is 0 Å². The first-order valence-electron chi connectivity index (χ1n) is 5.98. The topological polar surface area (TPSA) is 37.3 Å². The molecule has 0 heterocycles. The maximum absolute atomic E-state index is 10.8. The van der Waals surface area contributed by atoms with Gasteiger partial charge in [0, 0.05) is 0 Å². The number of allylic oxidation sites excluding steroid dienone is 2. The molecule has 1 radical (unpaired) electrons. The van der Waals surface area contributed by atoms with Gasteiger partial charge in [0.2, 0.25) is 0 Å². The molecule has 1 aliphatic rings. The van der Waals surface area contributed by atoms with Gasteiger partial charge in [-0.05, 0) is 25.2 Å². The number of carboxylic acids is 1. The van der Waals surface area contributed by atoms with Gasteiger partial charge in [-0.1, -0.05) is 44.8 Å². The van der Waals surface area contributed by atoms with E-state index < -0.39 is 5.97 Å². The fourth-order valence-electron chi connectivity index (χ4n) is 2.07. The van der Waals surface area contributed by atoms with Crippen LogP contribution in [-0.2, 0) is 4.79 Å². The second-order valence-corrected chi connectivity index (χ2v) is 4.37. The monoisotopic (exact) mass is 209 g/mol. The van der Waals surface area contributed by atoms with Crippen molar-refractivity contribution >= 4 is 5.97 Å². The fraction of sp³-hybridized carbons (Fsp3) is 0.692. The molecular formula is C13H21O2. The first-order valence-corrected chi connectivity index (χ1v) is 5.98. The van der Waals surface area contributed by atoms with E-state index in [-0.39, 0.29) is 5.92 Å². The van der Waals surface area contributed by atoms with E-state index in [9.17, 15) is 4.79 Å². The van der Waals surface area contributed by atoms with Crippen molar-refractivity contribution in [3.63, 3.8) is 0 Å². The summed E-state index contributed by atoms with van der Waals surface area (Å²) in [7, 11) is 0. The van der Waals surface area contributed by atoms with Gasteiger partial charge in [0.25, 0.3) is 0 Å². The first kappa shape index (κ1) is 12.3. The Hall–Kier alpha value is -0.790. The molecule has 1 rings (SSSR count). The molecule has 0 aliphatic heterocycles. The highest BCUT2D eigenvalue weighted by Crippen LogP contribution is 2.26. The quantitative estimate of drug-likeness (QED) is 0.680. The third-order valence-corrected chi connectivity index (χ3v) is 3.03. The third-order valence-electron chi connectivity index (χ3n) is 3.03. The minimum atomic E-state index is -0.682. The lowest BCUT2D eigenvalue weighted by Crippen LogP contribution is -2.20. The Morgan fingerprint density at radius 1 is 1.40 bits per heavy atom. The van der Waals surface area contributed by atoms with Gasteiger partial charge in [0.1, 0.15) is 0 Å². The highest BCUT2D eigenvalue weighted by Gasteiger charge is 2.23. The Labute approximate surface area is 92.4 Å². The summed E-state index contributed by atoms with van der Waals surface area (Å²) in [5.41, 5.74) is 0. The molecule has 0 aromatic rings. The Morgan fingerprint density at radius 3 is 2.87 bits per heavy atom.